The Hall–Kier alpha value is -2.22. The Kier molecular flexibility index (Phi) is 4.19. The number of nitrogens with zero attached hydrogens (tertiary/aromatic N) is 2. The number of benzene rings is 2. The van der Waals surface area contributed by atoms with Crippen molar-refractivity contribution in [2.45, 2.75) is 6.92 Å². The molecule has 0 bridgehead atoms. The number of nitrogens with one attached hydrogen (secondary N) is 1. The molecule has 1 aromatic heterocycles. The summed E-state index contributed by atoms with van der Waals surface area (Å²) in [5, 5.41) is 6.80. The van der Waals surface area contributed by atoms with Gasteiger partial charge in [0, 0.05) is 21.6 Å². The Balaban J connectivity index is 1.91. The topological polar surface area (TPSA) is 68.0 Å². The molecule has 3 aromatic rings. The Morgan fingerprint density at radius 1 is 1.18 bits per heavy atom. The summed E-state index contributed by atoms with van der Waals surface area (Å²) < 4.78 is 6.01. The van der Waals surface area contributed by atoms with Gasteiger partial charge in [0.25, 0.3) is 5.91 Å². The summed E-state index contributed by atoms with van der Waals surface area (Å²) in [7, 11) is 0. The molecule has 0 unspecified atom stereocenters. The fourth-order valence-corrected chi connectivity index (χ4v) is 2.56. The molecule has 0 saturated carbocycles. The fraction of sp³-hybridized carbons (Fsp3) is 0.0625. The van der Waals surface area contributed by atoms with Crippen LogP contribution in [0.5, 0.6) is 0 Å². The van der Waals surface area contributed by atoms with Crippen LogP contribution in [0, 0.1) is 10.5 Å². The molecule has 0 atom stereocenters. The van der Waals surface area contributed by atoms with Crippen LogP contribution in [0.25, 0.3) is 11.4 Å². The number of carbonyl (C=O) groups is 1. The molecule has 0 aliphatic carbocycles. The molecule has 110 valence electrons. The van der Waals surface area contributed by atoms with Crippen LogP contribution in [0.1, 0.15) is 16.2 Å². The molecular formula is C16H12IN3O2. The quantitative estimate of drug-likeness (QED) is 0.672. The largest absolute Gasteiger partial charge is 0.339 e. The Morgan fingerprint density at radius 3 is 2.73 bits per heavy atom. The molecule has 5 nitrogen and oxygen atoms in total. The number of aryl methyl sites for hydroxylation is 1. The lowest BCUT2D eigenvalue weighted by atomic mass is 10.1. The van der Waals surface area contributed by atoms with Crippen molar-refractivity contribution in [3.63, 3.8) is 0 Å². The molecule has 1 amide bonds. The molecule has 0 saturated heterocycles. The normalized spacial score (nSPS) is 10.5. The lowest BCUT2D eigenvalue weighted by molar-refractivity contribution is 0.102. The second-order valence-electron chi connectivity index (χ2n) is 4.65. The molecule has 22 heavy (non-hydrogen) atoms. The van der Waals surface area contributed by atoms with Gasteiger partial charge >= 0.3 is 0 Å². The summed E-state index contributed by atoms with van der Waals surface area (Å²) in [4.78, 5) is 16.6. The zero-order chi connectivity index (χ0) is 15.5. The van der Waals surface area contributed by atoms with Gasteiger partial charge in [-0.3, -0.25) is 4.79 Å². The minimum Gasteiger partial charge on any atom is -0.339 e. The van der Waals surface area contributed by atoms with Crippen LogP contribution in [-0.4, -0.2) is 16.0 Å². The van der Waals surface area contributed by atoms with Crippen molar-refractivity contribution in [1.29, 1.82) is 0 Å². The van der Waals surface area contributed by atoms with Crippen LogP contribution < -0.4 is 5.32 Å². The van der Waals surface area contributed by atoms with Crippen molar-refractivity contribution >= 4 is 34.2 Å². The predicted octanol–water partition coefficient (Wildman–Crippen LogP) is 3.90. The Labute approximate surface area is 140 Å². The number of amides is 1. The maximum Gasteiger partial charge on any atom is 0.255 e. The SMILES string of the molecule is Cc1nc(-c2ccccc2NC(=O)c2cccc(I)c2)no1. The standard InChI is InChI=1S/C16H12IN3O2/c1-10-18-15(20-22-10)13-7-2-3-8-14(13)19-16(21)11-5-4-6-12(17)9-11/h2-9H,1H3,(H,19,21). The molecule has 6 heteroatoms. The van der Waals surface area contributed by atoms with E-state index in [9.17, 15) is 4.79 Å². The first kappa shape index (κ1) is 14.7. The van der Waals surface area contributed by atoms with E-state index < -0.39 is 0 Å². The van der Waals surface area contributed by atoms with Gasteiger partial charge in [0.15, 0.2) is 0 Å². The number of anilines is 1. The number of aromatic nitrogens is 2. The van der Waals surface area contributed by atoms with Gasteiger partial charge in [-0.05, 0) is 52.9 Å². The highest BCUT2D eigenvalue weighted by Crippen LogP contribution is 2.25. The fourth-order valence-electron chi connectivity index (χ4n) is 2.02. The number of rotatable bonds is 3. The lowest BCUT2D eigenvalue weighted by Gasteiger charge is -2.09. The summed E-state index contributed by atoms with van der Waals surface area (Å²) in [5.41, 5.74) is 1.97. The molecule has 1 N–H and O–H groups in total. The highest BCUT2D eigenvalue weighted by Gasteiger charge is 2.13. The first-order chi connectivity index (χ1) is 10.6. The third kappa shape index (κ3) is 3.16. The van der Waals surface area contributed by atoms with Gasteiger partial charge < -0.3 is 9.84 Å². The Morgan fingerprint density at radius 2 is 2.00 bits per heavy atom. The second kappa shape index (κ2) is 6.27. The van der Waals surface area contributed by atoms with Gasteiger partial charge in [0.2, 0.25) is 11.7 Å². The zero-order valence-corrected chi connectivity index (χ0v) is 13.9. The van der Waals surface area contributed by atoms with Crippen LogP contribution in [0.3, 0.4) is 0 Å². The van der Waals surface area contributed by atoms with E-state index in [-0.39, 0.29) is 5.91 Å². The van der Waals surface area contributed by atoms with Gasteiger partial charge in [-0.15, -0.1) is 0 Å². The van der Waals surface area contributed by atoms with Crippen LogP contribution in [0.4, 0.5) is 5.69 Å². The molecule has 0 radical (unpaired) electrons. The molecule has 3 rings (SSSR count). The molecular weight excluding hydrogens is 393 g/mol. The summed E-state index contributed by atoms with van der Waals surface area (Å²) in [6.07, 6.45) is 0. The molecule has 0 fully saturated rings. The van der Waals surface area contributed by atoms with Gasteiger partial charge in [0.05, 0.1) is 5.69 Å². The third-order valence-corrected chi connectivity index (χ3v) is 3.70. The van der Waals surface area contributed by atoms with Crippen molar-refractivity contribution in [2.24, 2.45) is 0 Å². The van der Waals surface area contributed by atoms with Crippen LogP contribution >= 0.6 is 22.6 Å². The summed E-state index contributed by atoms with van der Waals surface area (Å²) >= 11 is 2.18. The maximum absolute atomic E-state index is 12.4. The van der Waals surface area contributed by atoms with Crippen LogP contribution in [0.15, 0.2) is 53.1 Å². The molecule has 0 aliphatic rings. The molecule has 1 heterocycles. The zero-order valence-electron chi connectivity index (χ0n) is 11.7. The number of para-hydroxylation sites is 1. The molecule has 0 aliphatic heterocycles. The first-order valence-electron chi connectivity index (χ1n) is 6.60. The minimum atomic E-state index is -0.175. The molecule has 2 aromatic carbocycles. The summed E-state index contributed by atoms with van der Waals surface area (Å²) in [6.45, 7) is 1.73. The van der Waals surface area contributed by atoms with Crippen molar-refractivity contribution in [1.82, 2.24) is 10.1 Å². The van der Waals surface area contributed by atoms with Gasteiger partial charge in [0.1, 0.15) is 0 Å². The number of hydrogen-bond acceptors (Lipinski definition) is 4. The van der Waals surface area contributed by atoms with Crippen molar-refractivity contribution < 1.29 is 9.32 Å². The van der Waals surface area contributed by atoms with E-state index in [1.807, 2.05) is 42.5 Å². The lowest BCUT2D eigenvalue weighted by Crippen LogP contribution is -2.12. The van der Waals surface area contributed by atoms with Crippen LogP contribution in [0.2, 0.25) is 0 Å². The van der Waals surface area contributed by atoms with Gasteiger partial charge in [-0.25, -0.2) is 0 Å². The average Bonchev–Trinajstić information content (AvgIpc) is 2.94. The maximum atomic E-state index is 12.4. The highest BCUT2D eigenvalue weighted by atomic mass is 127. The monoisotopic (exact) mass is 405 g/mol. The van der Waals surface area contributed by atoms with E-state index in [1.54, 1.807) is 13.0 Å². The van der Waals surface area contributed by atoms with Crippen molar-refractivity contribution in [3.8, 4) is 11.4 Å². The van der Waals surface area contributed by atoms with E-state index in [2.05, 4.69) is 38.0 Å². The van der Waals surface area contributed by atoms with Crippen molar-refractivity contribution in [2.75, 3.05) is 5.32 Å². The van der Waals surface area contributed by atoms with E-state index in [4.69, 9.17) is 4.52 Å². The van der Waals surface area contributed by atoms with Crippen LogP contribution in [-0.2, 0) is 0 Å². The minimum absolute atomic E-state index is 0.175. The van der Waals surface area contributed by atoms with Gasteiger partial charge in [-0.2, -0.15) is 4.98 Å². The van der Waals surface area contributed by atoms with E-state index in [0.717, 1.165) is 9.13 Å². The van der Waals surface area contributed by atoms with E-state index >= 15 is 0 Å². The predicted molar refractivity (Wildman–Crippen MR) is 91.6 cm³/mol. The Bertz CT molecular complexity index is 830. The highest BCUT2D eigenvalue weighted by molar-refractivity contribution is 14.1. The smallest absolute Gasteiger partial charge is 0.255 e. The number of carbonyl (C=O) groups excluding carboxylic acids is 1. The van der Waals surface area contributed by atoms with Gasteiger partial charge in [-0.1, -0.05) is 23.4 Å². The average molecular weight is 405 g/mol. The number of hydrogen-bond donors (Lipinski definition) is 1. The van der Waals surface area contributed by atoms with Crippen molar-refractivity contribution in [3.05, 3.63) is 63.6 Å². The summed E-state index contributed by atoms with van der Waals surface area (Å²) in [5.74, 6) is 0.760. The first-order valence-corrected chi connectivity index (χ1v) is 7.68. The van der Waals surface area contributed by atoms with E-state index in [1.165, 1.54) is 0 Å². The second-order valence-corrected chi connectivity index (χ2v) is 5.89. The van der Waals surface area contributed by atoms with E-state index in [0.29, 0.717) is 23.0 Å². The third-order valence-electron chi connectivity index (χ3n) is 3.03. The number of halogens is 1. The summed E-state index contributed by atoms with van der Waals surface area (Å²) in [6, 6.07) is 14.8. The molecule has 0 spiro atoms.